The van der Waals surface area contributed by atoms with E-state index < -0.39 is 0 Å². The number of thiazole rings is 1. The van der Waals surface area contributed by atoms with E-state index >= 15 is 0 Å². The third-order valence-corrected chi connectivity index (χ3v) is 5.32. The molecule has 2 unspecified atom stereocenters. The molecule has 1 aromatic carbocycles. The van der Waals surface area contributed by atoms with Crippen molar-refractivity contribution in [3.05, 3.63) is 50.9 Å². The lowest BCUT2D eigenvalue weighted by molar-refractivity contribution is 0.198. The van der Waals surface area contributed by atoms with E-state index in [-0.39, 0.29) is 12.1 Å². The van der Waals surface area contributed by atoms with E-state index in [2.05, 4.69) is 36.8 Å². The number of benzene rings is 1. The zero-order valence-corrected chi connectivity index (χ0v) is 14.1. The van der Waals surface area contributed by atoms with Gasteiger partial charge in [-0.2, -0.15) is 0 Å². The van der Waals surface area contributed by atoms with E-state index in [0.717, 1.165) is 21.3 Å². The summed E-state index contributed by atoms with van der Waals surface area (Å²) in [6, 6.07) is 8.43. The molecule has 1 heterocycles. The Bertz CT molecular complexity index is 571. The second-order valence-corrected chi connectivity index (χ2v) is 6.41. The van der Waals surface area contributed by atoms with E-state index in [1.807, 2.05) is 23.6 Å². The third kappa shape index (κ3) is 3.34. The fourth-order valence-corrected chi connectivity index (χ4v) is 3.57. The molecule has 2 atom stereocenters. The van der Waals surface area contributed by atoms with Crippen molar-refractivity contribution in [2.24, 2.45) is 0 Å². The second kappa shape index (κ2) is 6.90. The van der Waals surface area contributed by atoms with Crippen LogP contribution in [-0.4, -0.2) is 16.9 Å². The molecule has 0 fully saturated rings. The van der Waals surface area contributed by atoms with Gasteiger partial charge in [0.05, 0.1) is 17.6 Å². The molecule has 0 N–H and O–H groups in total. The molecule has 0 saturated heterocycles. The van der Waals surface area contributed by atoms with Gasteiger partial charge < -0.3 is 0 Å². The van der Waals surface area contributed by atoms with Crippen LogP contribution in [0.25, 0.3) is 0 Å². The van der Waals surface area contributed by atoms with Crippen molar-refractivity contribution >= 4 is 34.5 Å². The summed E-state index contributed by atoms with van der Waals surface area (Å²) in [5, 5.41) is 3.91. The predicted octanol–water partition coefficient (Wildman–Crippen LogP) is 5.29. The average molecular weight is 329 g/mol. The molecule has 0 spiro atoms. The summed E-state index contributed by atoms with van der Waals surface area (Å²) in [7, 11) is 2.10. The minimum Gasteiger partial charge on any atom is -0.290 e. The molecule has 0 amide bonds. The van der Waals surface area contributed by atoms with Crippen molar-refractivity contribution in [1.29, 1.82) is 0 Å². The first-order valence-electron chi connectivity index (χ1n) is 6.51. The number of rotatable bonds is 5. The average Bonchev–Trinajstić information content (AvgIpc) is 2.94. The van der Waals surface area contributed by atoms with Crippen molar-refractivity contribution < 1.29 is 0 Å². The summed E-state index contributed by atoms with van der Waals surface area (Å²) < 4.78 is 0. The number of hydrogen-bond acceptors (Lipinski definition) is 3. The van der Waals surface area contributed by atoms with Crippen LogP contribution in [0, 0.1) is 0 Å². The fourth-order valence-electron chi connectivity index (χ4n) is 2.12. The lowest BCUT2D eigenvalue weighted by atomic mass is 10.1. The molecule has 0 radical (unpaired) electrons. The quantitative estimate of drug-likeness (QED) is 0.693. The standard InChI is InChI=1S/C15H18Cl2N2S/c1-10(13-6-4-5-7-14(13)17)19(3)11(2)15-18-12(8-16)9-20-15/h4-7,9-11H,8H2,1-3H3. The molecular weight excluding hydrogens is 311 g/mol. The Balaban J connectivity index is 2.17. The van der Waals surface area contributed by atoms with E-state index in [4.69, 9.17) is 23.2 Å². The Labute approximate surface area is 134 Å². The Morgan fingerprint density at radius 1 is 1.25 bits per heavy atom. The summed E-state index contributed by atoms with van der Waals surface area (Å²) in [5.74, 6) is 0.465. The van der Waals surface area contributed by atoms with Crippen molar-refractivity contribution in [3.63, 3.8) is 0 Å². The van der Waals surface area contributed by atoms with Crippen molar-refractivity contribution in [1.82, 2.24) is 9.88 Å². The van der Waals surface area contributed by atoms with Crippen LogP contribution in [0.1, 0.15) is 42.2 Å². The molecule has 5 heteroatoms. The molecule has 2 rings (SSSR count). The van der Waals surface area contributed by atoms with E-state index in [1.165, 1.54) is 0 Å². The van der Waals surface area contributed by atoms with Gasteiger partial charge in [-0.1, -0.05) is 29.8 Å². The van der Waals surface area contributed by atoms with Gasteiger partial charge in [0, 0.05) is 16.4 Å². The number of halogens is 2. The van der Waals surface area contributed by atoms with Gasteiger partial charge in [-0.25, -0.2) is 4.98 Å². The van der Waals surface area contributed by atoms with E-state index in [1.54, 1.807) is 11.3 Å². The van der Waals surface area contributed by atoms with Crippen LogP contribution >= 0.6 is 34.5 Å². The van der Waals surface area contributed by atoms with E-state index in [9.17, 15) is 0 Å². The van der Waals surface area contributed by atoms with Crippen LogP contribution in [0.3, 0.4) is 0 Å². The monoisotopic (exact) mass is 328 g/mol. The summed E-state index contributed by atoms with van der Waals surface area (Å²) in [5.41, 5.74) is 2.08. The maximum absolute atomic E-state index is 6.28. The first-order chi connectivity index (χ1) is 9.54. The molecule has 2 aromatic rings. The van der Waals surface area contributed by atoms with Gasteiger partial charge in [-0.3, -0.25) is 4.90 Å². The van der Waals surface area contributed by atoms with Gasteiger partial charge in [-0.05, 0) is 32.5 Å². The van der Waals surface area contributed by atoms with Crippen LogP contribution in [-0.2, 0) is 5.88 Å². The first kappa shape index (κ1) is 15.8. The normalized spacial score (nSPS) is 14.5. The Hall–Kier alpha value is -0.610. The summed E-state index contributed by atoms with van der Waals surface area (Å²) >= 11 is 13.8. The molecule has 1 aromatic heterocycles. The van der Waals surface area contributed by atoms with Crippen molar-refractivity contribution in [2.45, 2.75) is 31.8 Å². The summed E-state index contributed by atoms with van der Waals surface area (Å²) in [6.07, 6.45) is 0. The molecule has 0 bridgehead atoms. The number of hydrogen-bond donors (Lipinski definition) is 0. The van der Waals surface area contributed by atoms with Gasteiger partial charge >= 0.3 is 0 Å². The fraction of sp³-hybridized carbons (Fsp3) is 0.400. The Morgan fingerprint density at radius 2 is 1.95 bits per heavy atom. The zero-order valence-electron chi connectivity index (χ0n) is 11.8. The zero-order chi connectivity index (χ0) is 14.7. The Morgan fingerprint density at radius 3 is 2.55 bits per heavy atom. The highest BCUT2D eigenvalue weighted by molar-refractivity contribution is 7.09. The molecule has 0 aliphatic heterocycles. The van der Waals surface area contributed by atoms with Crippen LogP contribution in [0.15, 0.2) is 29.6 Å². The molecule has 108 valence electrons. The minimum absolute atomic E-state index is 0.224. The van der Waals surface area contributed by atoms with Gasteiger partial charge in [0.1, 0.15) is 5.01 Å². The van der Waals surface area contributed by atoms with Crippen LogP contribution in [0.2, 0.25) is 5.02 Å². The van der Waals surface area contributed by atoms with Crippen molar-refractivity contribution in [3.8, 4) is 0 Å². The van der Waals surface area contributed by atoms with Gasteiger partial charge in [-0.15, -0.1) is 22.9 Å². The highest BCUT2D eigenvalue weighted by Crippen LogP contribution is 2.33. The van der Waals surface area contributed by atoms with Crippen LogP contribution in [0.5, 0.6) is 0 Å². The lowest BCUT2D eigenvalue weighted by Crippen LogP contribution is -2.26. The molecule has 0 aliphatic rings. The summed E-state index contributed by atoms with van der Waals surface area (Å²) in [4.78, 5) is 6.84. The predicted molar refractivity (Wildman–Crippen MR) is 87.7 cm³/mol. The second-order valence-electron chi connectivity index (χ2n) is 4.85. The highest BCUT2D eigenvalue weighted by atomic mass is 35.5. The minimum atomic E-state index is 0.224. The molecule has 20 heavy (non-hydrogen) atoms. The number of aromatic nitrogens is 1. The number of alkyl halides is 1. The third-order valence-electron chi connectivity index (χ3n) is 3.64. The molecule has 0 saturated carbocycles. The molecular formula is C15H18Cl2N2S. The van der Waals surface area contributed by atoms with Crippen molar-refractivity contribution in [2.75, 3.05) is 7.05 Å². The number of nitrogens with zero attached hydrogens (tertiary/aromatic N) is 2. The molecule has 2 nitrogen and oxygen atoms in total. The van der Waals surface area contributed by atoms with E-state index in [0.29, 0.717) is 5.88 Å². The Kier molecular flexibility index (Phi) is 5.44. The lowest BCUT2D eigenvalue weighted by Gasteiger charge is -2.30. The maximum atomic E-state index is 6.28. The highest BCUT2D eigenvalue weighted by Gasteiger charge is 2.22. The first-order valence-corrected chi connectivity index (χ1v) is 8.30. The summed E-state index contributed by atoms with van der Waals surface area (Å²) in [6.45, 7) is 4.32. The smallest absolute Gasteiger partial charge is 0.110 e. The van der Waals surface area contributed by atoms with Gasteiger partial charge in [0.2, 0.25) is 0 Å². The topological polar surface area (TPSA) is 16.1 Å². The SMILES string of the molecule is CC(c1nc(CCl)cs1)N(C)C(C)c1ccccc1Cl. The van der Waals surface area contributed by atoms with Crippen LogP contribution in [0.4, 0.5) is 0 Å². The molecule has 0 aliphatic carbocycles. The van der Waals surface area contributed by atoms with Crippen LogP contribution < -0.4 is 0 Å². The largest absolute Gasteiger partial charge is 0.290 e. The van der Waals surface area contributed by atoms with Gasteiger partial charge in [0.15, 0.2) is 0 Å². The van der Waals surface area contributed by atoms with Gasteiger partial charge in [0.25, 0.3) is 0 Å². The maximum Gasteiger partial charge on any atom is 0.110 e.